The number of nitrogens with one attached hydrogen (secondary N) is 1. The number of nitrogens with two attached hydrogens (primary N) is 1. The van der Waals surface area contributed by atoms with E-state index >= 15 is 0 Å². The molecule has 0 atom stereocenters. The quantitative estimate of drug-likeness (QED) is 0.627. The second-order valence-electron chi connectivity index (χ2n) is 6.57. The van der Waals surface area contributed by atoms with Gasteiger partial charge in [-0.25, -0.2) is 0 Å². The molecule has 0 bridgehead atoms. The number of guanidine groups is 1. The third-order valence-corrected chi connectivity index (χ3v) is 4.42. The zero-order valence-electron chi connectivity index (χ0n) is 13.8. The molecule has 0 aromatic heterocycles. The molecule has 4 nitrogen and oxygen atoms in total. The minimum atomic E-state index is 0.0594. The van der Waals surface area contributed by atoms with Crippen molar-refractivity contribution in [3.63, 3.8) is 0 Å². The van der Waals surface area contributed by atoms with Gasteiger partial charge in [-0.1, -0.05) is 44.2 Å². The van der Waals surface area contributed by atoms with E-state index in [9.17, 15) is 0 Å². The maximum atomic E-state index is 6.02. The van der Waals surface area contributed by atoms with Crippen molar-refractivity contribution in [2.24, 2.45) is 16.6 Å². The fourth-order valence-corrected chi connectivity index (χ4v) is 2.87. The molecule has 3 N–H and O–H groups in total. The van der Waals surface area contributed by atoms with Crippen LogP contribution in [0.15, 0.2) is 35.3 Å². The fourth-order valence-electron chi connectivity index (χ4n) is 2.87. The Morgan fingerprint density at radius 1 is 1.27 bits per heavy atom. The number of benzene rings is 1. The number of hydrogen-bond acceptors (Lipinski definition) is 2. The summed E-state index contributed by atoms with van der Waals surface area (Å²) in [5.74, 6) is 1.23. The Hall–Kier alpha value is -1.55. The van der Waals surface area contributed by atoms with Gasteiger partial charge < -0.3 is 15.8 Å². The maximum absolute atomic E-state index is 6.02. The topological polar surface area (TPSA) is 59.6 Å². The summed E-state index contributed by atoms with van der Waals surface area (Å²) < 4.78 is 5.55. The number of rotatable bonds is 6. The van der Waals surface area contributed by atoms with E-state index in [1.165, 1.54) is 5.56 Å². The molecule has 122 valence electrons. The normalized spacial score (nSPS) is 18.4. The highest BCUT2D eigenvalue weighted by molar-refractivity contribution is 5.77. The molecule has 0 unspecified atom stereocenters. The van der Waals surface area contributed by atoms with Gasteiger partial charge in [0.15, 0.2) is 5.96 Å². The summed E-state index contributed by atoms with van der Waals surface area (Å²) in [5, 5.41) is 3.22. The molecule has 0 amide bonds. The van der Waals surface area contributed by atoms with Crippen molar-refractivity contribution in [1.82, 2.24) is 5.32 Å². The zero-order chi connectivity index (χ0) is 15.8. The first-order valence-corrected chi connectivity index (χ1v) is 8.29. The van der Waals surface area contributed by atoms with Crippen LogP contribution >= 0.6 is 0 Å². The second-order valence-corrected chi connectivity index (χ2v) is 6.57. The third kappa shape index (κ3) is 4.73. The van der Waals surface area contributed by atoms with Gasteiger partial charge in [-0.15, -0.1) is 0 Å². The minimum Gasteiger partial charge on any atom is -0.381 e. The molecule has 0 saturated carbocycles. The highest BCUT2D eigenvalue weighted by Crippen LogP contribution is 2.35. The molecule has 1 aliphatic heterocycles. The molecule has 1 heterocycles. The van der Waals surface area contributed by atoms with Crippen molar-refractivity contribution in [3.8, 4) is 0 Å². The molecule has 1 aromatic carbocycles. The summed E-state index contributed by atoms with van der Waals surface area (Å²) in [6.07, 6.45) is 3.10. The van der Waals surface area contributed by atoms with Crippen molar-refractivity contribution >= 4 is 5.96 Å². The summed E-state index contributed by atoms with van der Waals surface area (Å²) in [6, 6.07) is 10.6. The van der Waals surface area contributed by atoms with Crippen LogP contribution in [0.5, 0.6) is 0 Å². The van der Waals surface area contributed by atoms with Crippen molar-refractivity contribution in [1.29, 1.82) is 0 Å². The van der Waals surface area contributed by atoms with E-state index in [1.807, 2.05) is 0 Å². The van der Waals surface area contributed by atoms with Gasteiger partial charge in [0.1, 0.15) is 0 Å². The average molecular weight is 303 g/mol. The Morgan fingerprint density at radius 3 is 2.59 bits per heavy atom. The zero-order valence-corrected chi connectivity index (χ0v) is 13.8. The summed E-state index contributed by atoms with van der Waals surface area (Å²) in [7, 11) is 0. The van der Waals surface area contributed by atoms with E-state index in [2.05, 4.69) is 54.5 Å². The van der Waals surface area contributed by atoms with Gasteiger partial charge in [0.25, 0.3) is 0 Å². The Bertz CT molecular complexity index is 464. The van der Waals surface area contributed by atoms with Gasteiger partial charge >= 0.3 is 0 Å². The van der Waals surface area contributed by atoms with Gasteiger partial charge in [-0.3, -0.25) is 4.99 Å². The lowest BCUT2D eigenvalue weighted by Crippen LogP contribution is -2.39. The first kappa shape index (κ1) is 16.8. The lowest BCUT2D eigenvalue weighted by molar-refractivity contribution is 0.0531. The lowest BCUT2D eigenvalue weighted by Gasteiger charge is -2.36. The Balaban J connectivity index is 2.01. The standard InChI is InChI=1S/C18H29N3O/c1-15(2)8-11-20-17(19)21-14-18(9-12-22-13-10-18)16-6-4-3-5-7-16/h3-7,15H,8-14H2,1-2H3,(H3,19,20,21). The van der Waals surface area contributed by atoms with Crippen LogP contribution in [-0.2, 0) is 10.2 Å². The van der Waals surface area contributed by atoms with Crippen LogP contribution in [0, 0.1) is 5.92 Å². The van der Waals surface area contributed by atoms with E-state index in [-0.39, 0.29) is 5.41 Å². The first-order valence-electron chi connectivity index (χ1n) is 8.29. The predicted octanol–water partition coefficient (Wildman–Crippen LogP) is 2.69. The molecule has 4 heteroatoms. The fraction of sp³-hybridized carbons (Fsp3) is 0.611. The highest BCUT2D eigenvalue weighted by atomic mass is 16.5. The van der Waals surface area contributed by atoms with Crippen LogP contribution in [-0.4, -0.2) is 32.3 Å². The summed E-state index contributed by atoms with van der Waals surface area (Å²) >= 11 is 0. The first-order chi connectivity index (χ1) is 10.6. The Labute approximate surface area is 134 Å². The predicted molar refractivity (Wildman–Crippen MR) is 92.1 cm³/mol. The summed E-state index contributed by atoms with van der Waals surface area (Å²) in [4.78, 5) is 4.62. The Kier molecular flexibility index (Phi) is 6.25. The van der Waals surface area contributed by atoms with Crippen molar-refractivity contribution < 1.29 is 4.74 Å². The molecule has 1 fully saturated rings. The van der Waals surface area contributed by atoms with Gasteiger partial charge in [0.05, 0.1) is 6.54 Å². The maximum Gasteiger partial charge on any atom is 0.188 e. The SMILES string of the molecule is CC(C)CCNC(N)=NCC1(c2ccccc2)CCOCC1. The van der Waals surface area contributed by atoms with Crippen LogP contribution in [0.1, 0.15) is 38.7 Å². The molecule has 22 heavy (non-hydrogen) atoms. The van der Waals surface area contributed by atoms with E-state index in [4.69, 9.17) is 10.5 Å². The number of ether oxygens (including phenoxy) is 1. The van der Waals surface area contributed by atoms with Gasteiger partial charge in [0.2, 0.25) is 0 Å². The van der Waals surface area contributed by atoms with E-state index in [1.54, 1.807) is 0 Å². The van der Waals surface area contributed by atoms with Crippen LogP contribution in [0.3, 0.4) is 0 Å². The van der Waals surface area contributed by atoms with Crippen molar-refractivity contribution in [2.45, 2.75) is 38.5 Å². The number of nitrogens with zero attached hydrogens (tertiary/aromatic N) is 1. The van der Waals surface area contributed by atoms with Crippen molar-refractivity contribution in [2.75, 3.05) is 26.3 Å². The molecular weight excluding hydrogens is 274 g/mol. The largest absolute Gasteiger partial charge is 0.381 e. The van der Waals surface area contributed by atoms with Crippen LogP contribution in [0.25, 0.3) is 0 Å². The molecule has 0 radical (unpaired) electrons. The summed E-state index contributed by atoms with van der Waals surface area (Å²) in [6.45, 7) is 7.62. The molecule has 0 spiro atoms. The number of aliphatic imine (C=N–C) groups is 1. The highest BCUT2D eigenvalue weighted by Gasteiger charge is 2.34. The Morgan fingerprint density at radius 2 is 1.95 bits per heavy atom. The van der Waals surface area contributed by atoms with Crippen molar-refractivity contribution in [3.05, 3.63) is 35.9 Å². The molecule has 2 rings (SSSR count). The van der Waals surface area contributed by atoms with Gasteiger partial charge in [-0.2, -0.15) is 0 Å². The minimum absolute atomic E-state index is 0.0594. The van der Waals surface area contributed by atoms with Crippen LogP contribution in [0.4, 0.5) is 0 Å². The van der Waals surface area contributed by atoms with Crippen LogP contribution < -0.4 is 11.1 Å². The molecular formula is C18H29N3O. The average Bonchev–Trinajstić information content (AvgIpc) is 2.54. The van der Waals surface area contributed by atoms with E-state index in [0.29, 0.717) is 11.9 Å². The monoisotopic (exact) mass is 303 g/mol. The van der Waals surface area contributed by atoms with Crippen LogP contribution in [0.2, 0.25) is 0 Å². The lowest BCUT2D eigenvalue weighted by atomic mass is 9.74. The number of hydrogen-bond donors (Lipinski definition) is 2. The molecule has 1 saturated heterocycles. The van der Waals surface area contributed by atoms with Gasteiger partial charge in [-0.05, 0) is 30.7 Å². The van der Waals surface area contributed by atoms with Gasteiger partial charge in [0, 0.05) is 25.2 Å². The molecule has 1 aliphatic rings. The second kappa shape index (κ2) is 8.18. The van der Waals surface area contributed by atoms with E-state index in [0.717, 1.165) is 45.6 Å². The smallest absolute Gasteiger partial charge is 0.188 e. The van der Waals surface area contributed by atoms with E-state index < -0.39 is 0 Å². The molecule has 0 aliphatic carbocycles. The summed E-state index contributed by atoms with van der Waals surface area (Å²) in [5.41, 5.74) is 7.43. The molecule has 1 aromatic rings. The third-order valence-electron chi connectivity index (χ3n) is 4.42.